The van der Waals surface area contributed by atoms with Gasteiger partial charge in [0.05, 0.1) is 22.0 Å². The second kappa shape index (κ2) is 11.7. The van der Waals surface area contributed by atoms with Gasteiger partial charge < -0.3 is 19.5 Å². The molecule has 1 saturated heterocycles. The van der Waals surface area contributed by atoms with Crippen molar-refractivity contribution in [1.29, 1.82) is 0 Å². The van der Waals surface area contributed by atoms with Gasteiger partial charge in [-0.2, -0.15) is 0 Å². The van der Waals surface area contributed by atoms with Gasteiger partial charge in [0.2, 0.25) is 0 Å². The second-order valence-electron chi connectivity index (χ2n) is 8.97. The van der Waals surface area contributed by atoms with Gasteiger partial charge in [0.15, 0.2) is 0 Å². The number of nitrogens with zero attached hydrogens (tertiary/aromatic N) is 6. The van der Waals surface area contributed by atoms with Crippen LogP contribution in [0.25, 0.3) is 11.4 Å². The molecule has 0 bridgehead atoms. The van der Waals surface area contributed by atoms with Crippen molar-refractivity contribution in [3.8, 4) is 17.1 Å². The van der Waals surface area contributed by atoms with E-state index in [1.165, 1.54) is 28.9 Å². The Morgan fingerprint density at radius 2 is 1.97 bits per heavy atom. The first kappa shape index (κ1) is 26.5. The van der Waals surface area contributed by atoms with Gasteiger partial charge in [0.1, 0.15) is 23.7 Å². The van der Waals surface area contributed by atoms with E-state index in [1.54, 1.807) is 7.05 Å². The SMILES string of the molecule is CCc1nc(-c2nnn(C)c2COC(=O)Oc2ccc([N+](=O)[O-])cc2)ccc1N1CCC[C@H](CC(=O)O)C1. The van der Waals surface area contributed by atoms with Gasteiger partial charge in [-0.15, -0.1) is 5.10 Å². The molecule has 1 aromatic carbocycles. The molecule has 0 radical (unpaired) electrons. The Labute approximate surface area is 218 Å². The highest BCUT2D eigenvalue weighted by atomic mass is 16.7. The number of nitro benzene ring substituents is 1. The number of aliphatic carboxylic acids is 1. The molecule has 3 aromatic rings. The van der Waals surface area contributed by atoms with Crippen LogP contribution in [0.15, 0.2) is 36.4 Å². The lowest BCUT2D eigenvalue weighted by atomic mass is 9.94. The lowest BCUT2D eigenvalue weighted by molar-refractivity contribution is -0.384. The van der Waals surface area contributed by atoms with E-state index in [-0.39, 0.29) is 30.4 Å². The first-order chi connectivity index (χ1) is 18.2. The zero-order chi connectivity index (χ0) is 27.2. The standard InChI is InChI=1S/C25H28N6O7/c1-3-19-21(30-12-4-5-16(14-30)13-23(32)33)11-10-20(26-19)24-22(29(2)28-27-24)15-37-25(34)38-18-8-6-17(7-9-18)31(35)36/h6-11,16H,3-5,12-15H2,1-2H3,(H,32,33)/t16-/m1/s1. The van der Waals surface area contributed by atoms with Crippen molar-refractivity contribution >= 4 is 23.5 Å². The Kier molecular flexibility index (Phi) is 8.14. The van der Waals surface area contributed by atoms with E-state index in [4.69, 9.17) is 14.5 Å². The quantitative estimate of drug-likeness (QED) is 0.188. The summed E-state index contributed by atoms with van der Waals surface area (Å²) >= 11 is 0. The van der Waals surface area contributed by atoms with Crippen molar-refractivity contribution in [2.45, 2.75) is 39.2 Å². The maximum Gasteiger partial charge on any atom is 0.514 e. The van der Waals surface area contributed by atoms with Crippen LogP contribution in [0.3, 0.4) is 0 Å². The number of nitro groups is 1. The molecule has 1 aliphatic heterocycles. The Morgan fingerprint density at radius 3 is 2.66 bits per heavy atom. The number of hydrogen-bond donors (Lipinski definition) is 1. The number of anilines is 1. The van der Waals surface area contributed by atoms with Crippen LogP contribution in [-0.4, -0.2) is 55.2 Å². The number of carbonyl (C=O) groups excluding carboxylic acids is 1. The lowest BCUT2D eigenvalue weighted by Gasteiger charge is -2.34. The van der Waals surface area contributed by atoms with Crippen LogP contribution >= 0.6 is 0 Å². The summed E-state index contributed by atoms with van der Waals surface area (Å²) in [6, 6.07) is 8.86. The zero-order valence-corrected chi connectivity index (χ0v) is 21.1. The molecule has 3 heterocycles. The first-order valence-electron chi connectivity index (χ1n) is 12.2. The summed E-state index contributed by atoms with van der Waals surface area (Å²) < 4.78 is 11.8. The lowest BCUT2D eigenvalue weighted by Crippen LogP contribution is -2.37. The van der Waals surface area contributed by atoms with Crippen LogP contribution < -0.4 is 9.64 Å². The molecule has 200 valence electrons. The molecule has 13 heteroatoms. The molecule has 0 unspecified atom stereocenters. The van der Waals surface area contributed by atoms with E-state index >= 15 is 0 Å². The van der Waals surface area contributed by atoms with E-state index in [1.807, 2.05) is 19.1 Å². The summed E-state index contributed by atoms with van der Waals surface area (Å²) in [5, 5.41) is 28.2. The fraction of sp³-hybridized carbons (Fsp3) is 0.400. The fourth-order valence-electron chi connectivity index (χ4n) is 4.50. The highest BCUT2D eigenvalue weighted by Gasteiger charge is 2.25. The van der Waals surface area contributed by atoms with E-state index in [0.717, 1.165) is 30.8 Å². The Morgan fingerprint density at radius 1 is 1.21 bits per heavy atom. The third-order valence-corrected chi connectivity index (χ3v) is 6.37. The maximum absolute atomic E-state index is 12.2. The number of benzene rings is 1. The second-order valence-corrected chi connectivity index (χ2v) is 8.97. The number of aromatic nitrogens is 4. The number of non-ortho nitro benzene ring substituents is 1. The molecule has 38 heavy (non-hydrogen) atoms. The van der Waals surface area contributed by atoms with Crippen LogP contribution in [-0.2, 0) is 29.6 Å². The Balaban J connectivity index is 1.46. The van der Waals surface area contributed by atoms with Crippen molar-refractivity contribution in [2.75, 3.05) is 18.0 Å². The van der Waals surface area contributed by atoms with Gasteiger partial charge in [-0.05, 0) is 49.4 Å². The summed E-state index contributed by atoms with van der Waals surface area (Å²) in [7, 11) is 1.67. The van der Waals surface area contributed by atoms with Crippen LogP contribution in [0.1, 0.15) is 37.6 Å². The van der Waals surface area contributed by atoms with Gasteiger partial charge in [0.25, 0.3) is 5.69 Å². The van der Waals surface area contributed by atoms with E-state index in [2.05, 4.69) is 15.2 Å². The fourth-order valence-corrected chi connectivity index (χ4v) is 4.50. The third-order valence-electron chi connectivity index (χ3n) is 6.37. The number of carbonyl (C=O) groups is 2. The predicted molar refractivity (Wildman–Crippen MR) is 135 cm³/mol. The van der Waals surface area contributed by atoms with Crippen molar-refractivity contribution in [1.82, 2.24) is 20.0 Å². The number of aryl methyl sites for hydroxylation is 2. The molecule has 0 amide bonds. The third kappa shape index (κ3) is 6.22. The van der Waals surface area contributed by atoms with Gasteiger partial charge >= 0.3 is 12.1 Å². The first-order valence-corrected chi connectivity index (χ1v) is 12.2. The molecule has 0 saturated carbocycles. The number of ether oxygens (including phenoxy) is 2. The van der Waals surface area contributed by atoms with Crippen molar-refractivity contribution in [2.24, 2.45) is 13.0 Å². The highest BCUT2D eigenvalue weighted by molar-refractivity contribution is 5.68. The summed E-state index contributed by atoms with van der Waals surface area (Å²) in [5.41, 5.74) is 3.24. The number of carboxylic acid groups (broad SMARTS) is 1. The van der Waals surface area contributed by atoms with Crippen LogP contribution in [0.2, 0.25) is 0 Å². The molecule has 0 spiro atoms. The summed E-state index contributed by atoms with van der Waals surface area (Å²) in [5.74, 6) is -0.577. The molecule has 4 rings (SSSR count). The van der Waals surface area contributed by atoms with Crippen LogP contribution in [0.5, 0.6) is 5.75 Å². The van der Waals surface area contributed by atoms with Gasteiger partial charge in [0, 0.05) is 38.7 Å². The minimum atomic E-state index is -0.982. The average molecular weight is 525 g/mol. The maximum atomic E-state index is 12.2. The van der Waals surface area contributed by atoms with Gasteiger partial charge in [-0.3, -0.25) is 14.9 Å². The van der Waals surface area contributed by atoms with Crippen molar-refractivity contribution in [3.05, 3.63) is 57.9 Å². The van der Waals surface area contributed by atoms with E-state index in [9.17, 15) is 24.8 Å². The van der Waals surface area contributed by atoms with Crippen LogP contribution in [0, 0.1) is 16.0 Å². The summed E-state index contributed by atoms with van der Waals surface area (Å²) in [6.45, 7) is 3.33. The van der Waals surface area contributed by atoms with Crippen molar-refractivity contribution in [3.63, 3.8) is 0 Å². The Bertz CT molecular complexity index is 1320. The molecular formula is C25H28N6O7. The smallest absolute Gasteiger partial charge is 0.481 e. The minimum Gasteiger partial charge on any atom is -0.481 e. The molecule has 1 aliphatic rings. The molecule has 1 fully saturated rings. The van der Waals surface area contributed by atoms with Gasteiger partial charge in [-0.25, -0.2) is 14.5 Å². The van der Waals surface area contributed by atoms with E-state index in [0.29, 0.717) is 30.0 Å². The normalized spacial score (nSPS) is 15.2. The minimum absolute atomic E-state index is 0.0973. The Hall–Kier alpha value is -4.55. The molecule has 1 atom stereocenters. The van der Waals surface area contributed by atoms with Crippen molar-refractivity contribution < 1.29 is 29.1 Å². The zero-order valence-electron chi connectivity index (χ0n) is 21.1. The highest BCUT2D eigenvalue weighted by Crippen LogP contribution is 2.30. The molecule has 13 nitrogen and oxygen atoms in total. The molecule has 2 aromatic heterocycles. The molecule has 0 aliphatic carbocycles. The monoisotopic (exact) mass is 524 g/mol. The predicted octanol–water partition coefficient (Wildman–Crippen LogP) is 3.75. The number of hydrogen-bond acceptors (Lipinski definition) is 10. The van der Waals surface area contributed by atoms with E-state index < -0.39 is 17.0 Å². The molecular weight excluding hydrogens is 496 g/mol. The summed E-state index contributed by atoms with van der Waals surface area (Å²) in [6.07, 6.45) is 1.65. The largest absolute Gasteiger partial charge is 0.514 e. The number of carboxylic acids is 1. The summed E-state index contributed by atoms with van der Waals surface area (Å²) in [4.78, 5) is 40.6. The number of piperidine rings is 1. The number of rotatable bonds is 9. The molecule has 1 N–H and O–H groups in total. The van der Waals surface area contributed by atoms with Gasteiger partial charge in [-0.1, -0.05) is 12.1 Å². The van der Waals surface area contributed by atoms with Crippen LogP contribution in [0.4, 0.5) is 16.2 Å². The topological polar surface area (TPSA) is 163 Å². The average Bonchev–Trinajstić information content (AvgIpc) is 3.27. The number of pyridine rings is 1.